The van der Waals surface area contributed by atoms with Gasteiger partial charge in [-0.15, -0.1) is 11.3 Å². The van der Waals surface area contributed by atoms with Crippen LogP contribution in [0.2, 0.25) is 0 Å². The van der Waals surface area contributed by atoms with E-state index in [4.69, 9.17) is 0 Å². The maximum atomic E-state index is 10.7. The Kier molecular flexibility index (Phi) is 4.75. The van der Waals surface area contributed by atoms with Gasteiger partial charge in [0.25, 0.3) is 5.69 Å². The summed E-state index contributed by atoms with van der Waals surface area (Å²) < 4.78 is 0. The molecule has 7 nitrogen and oxygen atoms in total. The number of nitrogens with one attached hydrogen (secondary N) is 1. The average Bonchev–Trinajstić information content (AvgIpc) is 3.04. The number of anilines is 1. The molecule has 2 aromatic heterocycles. The lowest BCUT2D eigenvalue weighted by atomic mass is 9.89. The number of aliphatic hydroxyl groups is 1. The third-order valence-corrected chi connectivity index (χ3v) is 6.21. The number of aromatic nitrogens is 2. The Morgan fingerprint density at radius 3 is 2.89 bits per heavy atom. The van der Waals surface area contributed by atoms with Gasteiger partial charge in [-0.25, -0.2) is 9.97 Å². The van der Waals surface area contributed by atoms with E-state index in [1.807, 2.05) is 0 Å². The van der Waals surface area contributed by atoms with Crippen molar-refractivity contribution in [2.24, 2.45) is 5.92 Å². The van der Waals surface area contributed by atoms with Crippen molar-refractivity contribution in [3.8, 4) is 0 Å². The number of nitro benzene ring substituents is 1. The van der Waals surface area contributed by atoms with Crippen LogP contribution in [-0.4, -0.2) is 26.5 Å². The molecule has 2 heterocycles. The van der Waals surface area contributed by atoms with Gasteiger partial charge < -0.3 is 10.4 Å². The van der Waals surface area contributed by atoms with Crippen molar-refractivity contribution >= 4 is 33.1 Å². The number of nitro groups is 1. The minimum atomic E-state index is -0.787. The van der Waals surface area contributed by atoms with Gasteiger partial charge in [0.05, 0.1) is 16.4 Å². The number of non-ortho nitro benzene ring substituents is 1. The molecule has 1 aliphatic carbocycles. The molecule has 0 radical (unpaired) electrons. The van der Waals surface area contributed by atoms with Crippen LogP contribution < -0.4 is 5.32 Å². The molecule has 27 heavy (non-hydrogen) atoms. The first-order chi connectivity index (χ1) is 13.0. The number of thiophene rings is 1. The Balaban J connectivity index is 1.54. The lowest BCUT2D eigenvalue weighted by Gasteiger charge is -2.18. The number of hydrogen-bond donors (Lipinski definition) is 2. The molecule has 1 aromatic carbocycles. The SMILES string of the molecule is CC1CCc2c(sc3ncnc(NCC(O)c4ccc([N+](=O)[O-])cc4)c23)C1. The van der Waals surface area contributed by atoms with E-state index in [-0.39, 0.29) is 12.2 Å². The molecule has 0 amide bonds. The first-order valence-corrected chi connectivity index (χ1v) is 9.76. The largest absolute Gasteiger partial charge is 0.387 e. The van der Waals surface area contributed by atoms with Crippen LogP contribution in [0.4, 0.5) is 11.5 Å². The van der Waals surface area contributed by atoms with Crippen LogP contribution in [-0.2, 0) is 12.8 Å². The van der Waals surface area contributed by atoms with Crippen LogP contribution in [0, 0.1) is 16.0 Å². The number of aliphatic hydroxyl groups excluding tert-OH is 1. The molecule has 0 bridgehead atoms. The first-order valence-electron chi connectivity index (χ1n) is 8.94. The van der Waals surface area contributed by atoms with Crippen LogP contribution in [0.5, 0.6) is 0 Å². The molecule has 0 saturated heterocycles. The smallest absolute Gasteiger partial charge is 0.269 e. The van der Waals surface area contributed by atoms with E-state index in [9.17, 15) is 15.2 Å². The quantitative estimate of drug-likeness (QED) is 0.511. The van der Waals surface area contributed by atoms with Gasteiger partial charge in [0.15, 0.2) is 0 Å². The predicted octanol–water partition coefficient (Wildman–Crippen LogP) is 3.87. The van der Waals surface area contributed by atoms with Crippen molar-refractivity contribution in [1.82, 2.24) is 9.97 Å². The Hall–Kier alpha value is -2.58. The summed E-state index contributed by atoms with van der Waals surface area (Å²) in [5.41, 5.74) is 1.97. The topological polar surface area (TPSA) is 101 Å². The summed E-state index contributed by atoms with van der Waals surface area (Å²) in [6.45, 7) is 2.55. The van der Waals surface area contributed by atoms with E-state index in [0.717, 1.165) is 28.9 Å². The van der Waals surface area contributed by atoms with Gasteiger partial charge in [0.2, 0.25) is 0 Å². The minimum Gasteiger partial charge on any atom is -0.387 e. The fourth-order valence-corrected chi connectivity index (χ4v) is 4.89. The molecule has 0 spiro atoms. The molecule has 0 fully saturated rings. The third-order valence-electron chi connectivity index (χ3n) is 5.04. The van der Waals surface area contributed by atoms with Crippen LogP contribution in [0.3, 0.4) is 0 Å². The highest BCUT2D eigenvalue weighted by molar-refractivity contribution is 7.19. The van der Waals surface area contributed by atoms with Crippen molar-refractivity contribution in [3.05, 3.63) is 56.7 Å². The molecule has 2 atom stereocenters. The van der Waals surface area contributed by atoms with Crippen molar-refractivity contribution in [2.75, 3.05) is 11.9 Å². The second-order valence-electron chi connectivity index (χ2n) is 7.00. The molecular formula is C19H20N4O3S. The number of hydrogen-bond acceptors (Lipinski definition) is 7. The summed E-state index contributed by atoms with van der Waals surface area (Å²) in [6.07, 6.45) is 4.04. The Labute approximate surface area is 160 Å². The summed E-state index contributed by atoms with van der Waals surface area (Å²) in [4.78, 5) is 21.5. The van der Waals surface area contributed by atoms with Crippen LogP contribution >= 0.6 is 11.3 Å². The van der Waals surface area contributed by atoms with Gasteiger partial charge in [-0.2, -0.15) is 0 Å². The molecule has 140 valence electrons. The number of fused-ring (bicyclic) bond motifs is 3. The van der Waals surface area contributed by atoms with Gasteiger partial charge in [-0.05, 0) is 48.4 Å². The summed E-state index contributed by atoms with van der Waals surface area (Å²) in [6, 6.07) is 5.96. The first kappa shape index (κ1) is 17.8. The Morgan fingerprint density at radius 2 is 2.15 bits per heavy atom. The highest BCUT2D eigenvalue weighted by Crippen LogP contribution is 2.39. The summed E-state index contributed by atoms with van der Waals surface area (Å²) in [5.74, 6) is 1.44. The monoisotopic (exact) mass is 384 g/mol. The normalized spacial score (nSPS) is 17.5. The Bertz CT molecular complexity index is 987. The number of nitrogens with zero attached hydrogens (tertiary/aromatic N) is 3. The molecule has 4 rings (SSSR count). The fourth-order valence-electron chi connectivity index (χ4n) is 3.54. The molecule has 0 saturated carbocycles. The van der Waals surface area contributed by atoms with Gasteiger partial charge in [0.1, 0.15) is 17.0 Å². The third kappa shape index (κ3) is 3.50. The van der Waals surface area contributed by atoms with E-state index in [2.05, 4.69) is 22.2 Å². The van der Waals surface area contributed by atoms with Crippen LogP contribution in [0.1, 0.15) is 35.5 Å². The van der Waals surface area contributed by atoms with E-state index in [1.54, 1.807) is 29.8 Å². The molecule has 1 aliphatic rings. The molecule has 8 heteroatoms. The zero-order chi connectivity index (χ0) is 19.0. The predicted molar refractivity (Wildman–Crippen MR) is 105 cm³/mol. The molecule has 3 aromatic rings. The number of benzene rings is 1. The van der Waals surface area contributed by atoms with E-state index >= 15 is 0 Å². The maximum absolute atomic E-state index is 10.7. The zero-order valence-corrected chi connectivity index (χ0v) is 15.7. The standard InChI is InChI=1S/C19H20N4O3S/c1-11-2-7-14-16(8-11)27-19-17(14)18(21-10-22-19)20-9-15(24)12-3-5-13(6-4-12)23(25)26/h3-6,10-11,15,24H,2,7-9H2,1H3,(H,20,21,22). The molecule has 0 aliphatic heterocycles. The van der Waals surface area contributed by atoms with E-state index in [1.165, 1.54) is 29.0 Å². The van der Waals surface area contributed by atoms with Crippen LogP contribution in [0.15, 0.2) is 30.6 Å². The van der Waals surface area contributed by atoms with Gasteiger partial charge in [-0.3, -0.25) is 10.1 Å². The van der Waals surface area contributed by atoms with Gasteiger partial charge in [-0.1, -0.05) is 6.92 Å². The lowest BCUT2D eigenvalue weighted by Crippen LogP contribution is -2.14. The van der Waals surface area contributed by atoms with Crippen molar-refractivity contribution in [2.45, 2.75) is 32.3 Å². The van der Waals surface area contributed by atoms with Crippen molar-refractivity contribution in [1.29, 1.82) is 0 Å². The van der Waals surface area contributed by atoms with Crippen molar-refractivity contribution in [3.63, 3.8) is 0 Å². The second-order valence-corrected chi connectivity index (χ2v) is 8.08. The summed E-state index contributed by atoms with van der Waals surface area (Å²) in [7, 11) is 0. The van der Waals surface area contributed by atoms with Gasteiger partial charge >= 0.3 is 0 Å². The molecule has 2 N–H and O–H groups in total. The van der Waals surface area contributed by atoms with Crippen molar-refractivity contribution < 1.29 is 10.0 Å². The lowest BCUT2D eigenvalue weighted by molar-refractivity contribution is -0.384. The highest BCUT2D eigenvalue weighted by atomic mass is 32.1. The number of rotatable bonds is 5. The maximum Gasteiger partial charge on any atom is 0.269 e. The Morgan fingerprint density at radius 1 is 1.37 bits per heavy atom. The second kappa shape index (κ2) is 7.21. The van der Waals surface area contributed by atoms with E-state index in [0.29, 0.717) is 11.5 Å². The minimum absolute atomic E-state index is 0.00977. The zero-order valence-electron chi connectivity index (χ0n) is 14.9. The van der Waals surface area contributed by atoms with E-state index < -0.39 is 11.0 Å². The van der Waals surface area contributed by atoms with Gasteiger partial charge in [0, 0.05) is 23.6 Å². The fraction of sp³-hybridized carbons (Fsp3) is 0.368. The molecule has 2 unspecified atom stereocenters. The average molecular weight is 384 g/mol. The number of aryl methyl sites for hydroxylation is 1. The summed E-state index contributed by atoms with van der Waals surface area (Å²) >= 11 is 1.74. The highest BCUT2D eigenvalue weighted by Gasteiger charge is 2.23. The van der Waals surface area contributed by atoms with Crippen LogP contribution in [0.25, 0.3) is 10.2 Å². The summed E-state index contributed by atoms with van der Waals surface area (Å²) in [5, 5.41) is 25.5. The molecular weight excluding hydrogens is 364 g/mol.